The van der Waals surface area contributed by atoms with Gasteiger partial charge in [-0.15, -0.1) is 0 Å². The molecule has 3 nitrogen and oxygen atoms in total. The van der Waals surface area contributed by atoms with Crippen molar-refractivity contribution in [1.82, 2.24) is 4.98 Å². The molecule has 0 fully saturated rings. The Balaban J connectivity index is 2.41. The molecular weight excluding hydrogens is 293 g/mol. The van der Waals surface area contributed by atoms with Gasteiger partial charge in [0.15, 0.2) is 0 Å². The van der Waals surface area contributed by atoms with Gasteiger partial charge in [0, 0.05) is 23.1 Å². The second kappa shape index (κ2) is 4.95. The molecule has 1 aromatic carbocycles. The number of rotatable bonds is 1. The average Bonchev–Trinajstić information content (AvgIpc) is 2.42. The molecule has 1 N–H and O–H groups in total. The average molecular weight is 308 g/mol. The highest BCUT2D eigenvalue weighted by molar-refractivity contribution is 6.31. The predicted octanol–water partition coefficient (Wildman–Crippen LogP) is 4.41. The number of halogens is 2. The van der Waals surface area contributed by atoms with E-state index in [1.807, 2.05) is 6.92 Å². The lowest BCUT2D eigenvalue weighted by atomic mass is 9.78. The smallest absolute Gasteiger partial charge is 0.336 e. The molecule has 0 spiro atoms. The van der Waals surface area contributed by atoms with Crippen LogP contribution in [0.4, 0.5) is 4.39 Å². The largest absolute Gasteiger partial charge is 0.478 e. The van der Waals surface area contributed by atoms with Gasteiger partial charge in [-0.25, -0.2) is 9.18 Å². The van der Waals surface area contributed by atoms with E-state index in [-0.39, 0.29) is 16.5 Å². The first-order valence-electron chi connectivity index (χ1n) is 6.95. The van der Waals surface area contributed by atoms with E-state index in [0.717, 1.165) is 17.7 Å². The molecule has 0 aliphatic heterocycles. The molecule has 110 valence electrons. The van der Waals surface area contributed by atoms with E-state index >= 15 is 0 Å². The predicted molar refractivity (Wildman–Crippen MR) is 79.6 cm³/mol. The Morgan fingerprint density at radius 1 is 1.43 bits per heavy atom. The van der Waals surface area contributed by atoms with E-state index in [2.05, 4.69) is 11.9 Å². The van der Waals surface area contributed by atoms with Crippen LogP contribution in [0.15, 0.2) is 12.1 Å². The topological polar surface area (TPSA) is 50.2 Å². The quantitative estimate of drug-likeness (QED) is 0.849. The van der Waals surface area contributed by atoms with E-state index in [4.69, 9.17) is 11.6 Å². The lowest BCUT2D eigenvalue weighted by molar-refractivity contribution is 0.0697. The monoisotopic (exact) mass is 307 g/mol. The van der Waals surface area contributed by atoms with Crippen LogP contribution >= 0.6 is 11.6 Å². The van der Waals surface area contributed by atoms with Crippen molar-refractivity contribution in [2.45, 2.75) is 32.6 Å². The van der Waals surface area contributed by atoms with Crippen LogP contribution in [0.3, 0.4) is 0 Å². The first kappa shape index (κ1) is 14.3. The third kappa shape index (κ3) is 2.18. The molecule has 0 bridgehead atoms. The maximum absolute atomic E-state index is 13.7. The first-order valence-corrected chi connectivity index (χ1v) is 7.32. The molecular formula is C16H15ClFNO2. The Morgan fingerprint density at radius 2 is 2.14 bits per heavy atom. The number of benzene rings is 1. The summed E-state index contributed by atoms with van der Waals surface area (Å²) in [5.41, 5.74) is 2.12. The van der Waals surface area contributed by atoms with E-state index in [0.29, 0.717) is 23.2 Å². The van der Waals surface area contributed by atoms with E-state index in [1.165, 1.54) is 12.1 Å². The molecule has 21 heavy (non-hydrogen) atoms. The van der Waals surface area contributed by atoms with Crippen LogP contribution in [0.25, 0.3) is 10.9 Å². The summed E-state index contributed by atoms with van der Waals surface area (Å²) in [6.45, 7) is 4.17. The Bertz CT molecular complexity index is 760. The molecule has 1 aliphatic carbocycles. The molecule has 0 radical (unpaired) electrons. The summed E-state index contributed by atoms with van der Waals surface area (Å²) >= 11 is 5.80. The van der Waals surface area contributed by atoms with Crippen LogP contribution in [-0.2, 0) is 6.42 Å². The van der Waals surface area contributed by atoms with Crippen molar-refractivity contribution in [2.24, 2.45) is 5.92 Å². The highest BCUT2D eigenvalue weighted by Crippen LogP contribution is 2.39. The highest BCUT2D eigenvalue weighted by Gasteiger charge is 2.30. The number of carbonyl (C=O) groups is 1. The number of hydrogen-bond acceptors (Lipinski definition) is 2. The zero-order valence-electron chi connectivity index (χ0n) is 11.8. The highest BCUT2D eigenvalue weighted by atomic mass is 35.5. The number of nitrogens with zero attached hydrogens (tertiary/aromatic N) is 1. The molecule has 1 aromatic heterocycles. The summed E-state index contributed by atoms with van der Waals surface area (Å²) < 4.78 is 13.7. The minimum atomic E-state index is -1.01. The molecule has 2 atom stereocenters. The third-order valence-electron chi connectivity index (χ3n) is 4.51. The standard InChI is InChI=1S/C16H15ClFNO2/c1-7-3-4-9-14(16(20)21)10-5-11(17)12(18)6-13(10)19-15(9)8(7)2/h5-8H,3-4H2,1-2H3,(H,20,21). The fourth-order valence-electron chi connectivity index (χ4n) is 3.08. The maximum atomic E-state index is 13.7. The van der Waals surface area contributed by atoms with Crippen molar-refractivity contribution >= 4 is 28.5 Å². The van der Waals surface area contributed by atoms with Gasteiger partial charge in [-0.1, -0.05) is 25.4 Å². The second-order valence-corrected chi connectivity index (χ2v) is 6.15. The van der Waals surface area contributed by atoms with Gasteiger partial charge in [-0.2, -0.15) is 0 Å². The minimum Gasteiger partial charge on any atom is -0.478 e. The fraction of sp³-hybridized carbons (Fsp3) is 0.375. The Labute approximate surface area is 126 Å². The number of carboxylic acid groups (broad SMARTS) is 1. The number of carboxylic acids is 1. The lowest BCUT2D eigenvalue weighted by Crippen LogP contribution is -2.21. The Hall–Kier alpha value is -1.68. The van der Waals surface area contributed by atoms with Crippen molar-refractivity contribution in [3.05, 3.63) is 39.8 Å². The number of aromatic nitrogens is 1. The number of hydrogen-bond donors (Lipinski definition) is 1. The van der Waals surface area contributed by atoms with E-state index < -0.39 is 11.8 Å². The Morgan fingerprint density at radius 3 is 2.81 bits per heavy atom. The number of aromatic carboxylic acids is 1. The summed E-state index contributed by atoms with van der Waals surface area (Å²) in [5, 5.41) is 9.92. The third-order valence-corrected chi connectivity index (χ3v) is 4.80. The normalized spacial score (nSPS) is 21.3. The van der Waals surface area contributed by atoms with Crippen LogP contribution in [-0.4, -0.2) is 16.1 Å². The van der Waals surface area contributed by atoms with Crippen molar-refractivity contribution in [1.29, 1.82) is 0 Å². The second-order valence-electron chi connectivity index (χ2n) is 5.74. The van der Waals surface area contributed by atoms with Gasteiger partial charge in [0.1, 0.15) is 5.82 Å². The van der Waals surface area contributed by atoms with Gasteiger partial charge in [-0.05, 0) is 30.4 Å². The van der Waals surface area contributed by atoms with Crippen LogP contribution in [0.2, 0.25) is 5.02 Å². The van der Waals surface area contributed by atoms with E-state index in [1.54, 1.807) is 0 Å². The van der Waals surface area contributed by atoms with Crippen molar-refractivity contribution in [3.8, 4) is 0 Å². The zero-order chi connectivity index (χ0) is 15.3. The van der Waals surface area contributed by atoms with Crippen molar-refractivity contribution < 1.29 is 14.3 Å². The summed E-state index contributed by atoms with van der Waals surface area (Å²) in [6, 6.07) is 2.59. The first-order chi connectivity index (χ1) is 9.90. The fourth-order valence-corrected chi connectivity index (χ4v) is 3.25. The van der Waals surface area contributed by atoms with Crippen LogP contribution in [0.1, 0.15) is 47.8 Å². The molecule has 1 aliphatic rings. The summed E-state index contributed by atoms with van der Waals surface area (Å²) in [4.78, 5) is 16.2. The van der Waals surface area contributed by atoms with Crippen LogP contribution in [0.5, 0.6) is 0 Å². The van der Waals surface area contributed by atoms with E-state index in [9.17, 15) is 14.3 Å². The van der Waals surface area contributed by atoms with Gasteiger partial charge < -0.3 is 5.11 Å². The van der Waals surface area contributed by atoms with Gasteiger partial charge in [0.05, 0.1) is 16.1 Å². The van der Waals surface area contributed by atoms with Crippen molar-refractivity contribution in [2.75, 3.05) is 0 Å². The lowest BCUT2D eigenvalue weighted by Gasteiger charge is -2.29. The van der Waals surface area contributed by atoms with Gasteiger partial charge >= 0.3 is 5.97 Å². The van der Waals surface area contributed by atoms with Crippen LogP contribution < -0.4 is 0 Å². The summed E-state index contributed by atoms with van der Waals surface area (Å²) in [7, 11) is 0. The summed E-state index contributed by atoms with van der Waals surface area (Å²) in [5.74, 6) is -0.997. The summed E-state index contributed by atoms with van der Waals surface area (Å²) in [6.07, 6.45) is 1.61. The molecule has 2 aromatic rings. The molecule has 0 amide bonds. The maximum Gasteiger partial charge on any atom is 0.336 e. The minimum absolute atomic E-state index is 0.0797. The molecule has 0 saturated heterocycles. The van der Waals surface area contributed by atoms with Crippen LogP contribution in [0, 0.1) is 11.7 Å². The SMILES string of the molecule is CC1CCc2c(nc3cc(F)c(Cl)cc3c2C(=O)O)C1C. The molecule has 5 heteroatoms. The van der Waals surface area contributed by atoms with Gasteiger partial charge in [0.25, 0.3) is 0 Å². The molecule has 0 saturated carbocycles. The number of fused-ring (bicyclic) bond motifs is 2. The molecule has 1 heterocycles. The molecule has 3 rings (SSSR count). The van der Waals surface area contributed by atoms with Gasteiger partial charge in [-0.3, -0.25) is 4.98 Å². The Kier molecular flexibility index (Phi) is 3.36. The van der Waals surface area contributed by atoms with Gasteiger partial charge in [0.2, 0.25) is 0 Å². The van der Waals surface area contributed by atoms with Crippen molar-refractivity contribution in [3.63, 3.8) is 0 Å². The number of pyridine rings is 1. The zero-order valence-corrected chi connectivity index (χ0v) is 12.5. The molecule has 2 unspecified atom stereocenters.